The highest BCUT2D eigenvalue weighted by Crippen LogP contribution is 2.34. The molecular weight excluding hydrogens is 292 g/mol. The Morgan fingerprint density at radius 3 is 2.38 bits per heavy atom. The molecule has 24 heavy (non-hydrogen) atoms. The Morgan fingerprint density at radius 2 is 1.67 bits per heavy atom. The van der Waals surface area contributed by atoms with Gasteiger partial charge in [0.15, 0.2) is 0 Å². The molecule has 3 aromatic rings. The van der Waals surface area contributed by atoms with Crippen LogP contribution in [0.5, 0.6) is 0 Å². The van der Waals surface area contributed by atoms with Gasteiger partial charge >= 0.3 is 0 Å². The summed E-state index contributed by atoms with van der Waals surface area (Å²) in [4.78, 5) is 4.92. The Hall–Kier alpha value is -3.18. The molecule has 2 nitrogen and oxygen atoms in total. The van der Waals surface area contributed by atoms with Crippen molar-refractivity contribution in [1.29, 1.82) is 5.26 Å². The van der Waals surface area contributed by atoms with E-state index < -0.39 is 0 Å². The van der Waals surface area contributed by atoms with Crippen LogP contribution in [-0.4, -0.2) is 4.98 Å². The van der Waals surface area contributed by atoms with Crippen LogP contribution in [0.3, 0.4) is 0 Å². The summed E-state index contributed by atoms with van der Waals surface area (Å²) >= 11 is 0. The van der Waals surface area contributed by atoms with Gasteiger partial charge in [0.05, 0.1) is 23.0 Å². The highest BCUT2D eigenvalue weighted by Gasteiger charge is 2.15. The third-order valence-corrected chi connectivity index (χ3v) is 4.40. The topological polar surface area (TPSA) is 36.7 Å². The van der Waals surface area contributed by atoms with Crippen LogP contribution in [0.25, 0.3) is 28.5 Å². The van der Waals surface area contributed by atoms with Gasteiger partial charge in [-0.3, -0.25) is 0 Å². The number of aromatic nitrogens is 1. The van der Waals surface area contributed by atoms with Crippen LogP contribution in [0.15, 0.2) is 60.7 Å². The second-order valence-electron chi connectivity index (χ2n) is 6.09. The zero-order valence-electron chi connectivity index (χ0n) is 13.5. The number of benzene rings is 2. The number of nitriles is 1. The average molecular weight is 308 g/mol. The van der Waals surface area contributed by atoms with E-state index in [-0.39, 0.29) is 0 Å². The fourth-order valence-electron chi connectivity index (χ4n) is 3.05. The number of allylic oxidation sites excluding steroid dienone is 1. The lowest BCUT2D eigenvalue weighted by Crippen LogP contribution is -1.95. The molecule has 114 valence electrons. The van der Waals surface area contributed by atoms with Gasteiger partial charge in [0.1, 0.15) is 0 Å². The van der Waals surface area contributed by atoms with E-state index >= 15 is 0 Å². The monoisotopic (exact) mass is 308 g/mol. The lowest BCUT2D eigenvalue weighted by atomic mass is 9.96. The van der Waals surface area contributed by atoms with Crippen LogP contribution in [-0.2, 0) is 6.42 Å². The van der Waals surface area contributed by atoms with Gasteiger partial charge in [-0.1, -0.05) is 48.0 Å². The predicted molar refractivity (Wildman–Crippen MR) is 97.3 cm³/mol. The summed E-state index contributed by atoms with van der Waals surface area (Å²) in [6, 6.07) is 20.6. The minimum absolute atomic E-state index is 0.673. The fourth-order valence-corrected chi connectivity index (χ4v) is 3.05. The second kappa shape index (κ2) is 5.79. The molecule has 0 bridgehead atoms. The van der Waals surface area contributed by atoms with Crippen molar-refractivity contribution in [3.05, 3.63) is 83.1 Å². The Kier molecular flexibility index (Phi) is 3.48. The molecule has 0 saturated heterocycles. The van der Waals surface area contributed by atoms with Gasteiger partial charge in [0, 0.05) is 11.1 Å². The lowest BCUT2D eigenvalue weighted by Gasteiger charge is -2.13. The Balaban J connectivity index is 1.91. The summed E-state index contributed by atoms with van der Waals surface area (Å²) in [6.07, 6.45) is 5.18. The molecule has 2 aromatic carbocycles. The van der Waals surface area contributed by atoms with E-state index in [1.54, 1.807) is 0 Å². The highest BCUT2D eigenvalue weighted by atomic mass is 14.7. The van der Waals surface area contributed by atoms with Gasteiger partial charge in [0.2, 0.25) is 0 Å². The van der Waals surface area contributed by atoms with Crippen LogP contribution < -0.4 is 0 Å². The van der Waals surface area contributed by atoms with Crippen molar-refractivity contribution in [1.82, 2.24) is 4.98 Å². The largest absolute Gasteiger partial charge is 0.247 e. The molecule has 0 unspecified atom stereocenters. The Bertz CT molecular complexity index is 972. The fraction of sp³-hybridized carbons (Fsp3) is 0.0909. The first kappa shape index (κ1) is 14.4. The molecule has 2 heteroatoms. The summed E-state index contributed by atoms with van der Waals surface area (Å²) in [7, 11) is 0. The average Bonchev–Trinajstić information content (AvgIpc) is 3.09. The summed E-state index contributed by atoms with van der Waals surface area (Å²) < 4.78 is 0. The van der Waals surface area contributed by atoms with Gasteiger partial charge in [-0.15, -0.1) is 0 Å². The predicted octanol–water partition coefficient (Wildman–Crippen LogP) is 5.17. The summed E-state index contributed by atoms with van der Waals surface area (Å²) in [5.41, 5.74) is 8.53. The van der Waals surface area contributed by atoms with E-state index in [0.717, 1.165) is 34.5 Å². The number of rotatable bonds is 2. The van der Waals surface area contributed by atoms with Crippen LogP contribution in [0.2, 0.25) is 0 Å². The molecule has 1 aliphatic rings. The molecule has 1 aromatic heterocycles. The minimum atomic E-state index is 0.673. The maximum atomic E-state index is 9.01. The summed E-state index contributed by atoms with van der Waals surface area (Å²) in [6.45, 7) is 2.09. The van der Waals surface area contributed by atoms with E-state index in [1.807, 2.05) is 24.3 Å². The Morgan fingerprint density at radius 1 is 0.958 bits per heavy atom. The van der Waals surface area contributed by atoms with Crippen molar-refractivity contribution in [2.45, 2.75) is 13.3 Å². The first-order valence-electron chi connectivity index (χ1n) is 8.02. The zero-order chi connectivity index (χ0) is 16.5. The molecule has 4 rings (SSSR count). The van der Waals surface area contributed by atoms with Gasteiger partial charge in [-0.2, -0.15) is 5.26 Å². The van der Waals surface area contributed by atoms with Gasteiger partial charge < -0.3 is 0 Å². The minimum Gasteiger partial charge on any atom is -0.247 e. The normalized spacial score (nSPS) is 12.0. The molecule has 0 atom stereocenters. The smallest absolute Gasteiger partial charge is 0.0991 e. The zero-order valence-corrected chi connectivity index (χ0v) is 13.5. The van der Waals surface area contributed by atoms with Gasteiger partial charge in [-0.05, 0) is 48.7 Å². The summed E-state index contributed by atoms with van der Waals surface area (Å²) in [5.74, 6) is 0. The summed E-state index contributed by atoms with van der Waals surface area (Å²) in [5, 5.41) is 9.01. The molecule has 0 N–H and O–H groups in total. The molecule has 0 aliphatic heterocycles. The van der Waals surface area contributed by atoms with E-state index in [1.165, 1.54) is 11.1 Å². The molecular formula is C22H16N2. The van der Waals surface area contributed by atoms with Crippen molar-refractivity contribution in [2.24, 2.45) is 0 Å². The molecule has 1 aliphatic carbocycles. The maximum Gasteiger partial charge on any atom is 0.0991 e. The molecule has 1 heterocycles. The number of pyridine rings is 1. The van der Waals surface area contributed by atoms with Crippen LogP contribution in [0.4, 0.5) is 0 Å². The third kappa shape index (κ3) is 2.51. The van der Waals surface area contributed by atoms with Crippen molar-refractivity contribution < 1.29 is 0 Å². The Labute approximate surface area is 141 Å². The number of hydrogen-bond acceptors (Lipinski definition) is 2. The van der Waals surface area contributed by atoms with E-state index in [4.69, 9.17) is 10.2 Å². The van der Waals surface area contributed by atoms with Crippen molar-refractivity contribution in [3.63, 3.8) is 0 Å². The SMILES string of the molecule is Cc1ccc(-c2nc3c(cc2-c2ccc(C#N)cc2)CC=C3)cc1. The molecule has 0 spiro atoms. The van der Waals surface area contributed by atoms with Gasteiger partial charge in [-0.25, -0.2) is 4.98 Å². The van der Waals surface area contributed by atoms with Crippen LogP contribution in [0.1, 0.15) is 22.4 Å². The lowest BCUT2D eigenvalue weighted by molar-refractivity contribution is 1.21. The van der Waals surface area contributed by atoms with E-state index in [9.17, 15) is 0 Å². The van der Waals surface area contributed by atoms with E-state index in [0.29, 0.717) is 5.56 Å². The second-order valence-corrected chi connectivity index (χ2v) is 6.09. The third-order valence-electron chi connectivity index (χ3n) is 4.40. The first-order chi connectivity index (χ1) is 11.7. The van der Waals surface area contributed by atoms with Crippen LogP contribution >= 0.6 is 0 Å². The van der Waals surface area contributed by atoms with Gasteiger partial charge in [0.25, 0.3) is 0 Å². The quantitative estimate of drug-likeness (QED) is 0.655. The number of aryl methyl sites for hydroxylation is 1. The highest BCUT2D eigenvalue weighted by molar-refractivity contribution is 5.83. The number of nitrogens with zero attached hydrogens (tertiary/aromatic N) is 2. The maximum absolute atomic E-state index is 9.01. The van der Waals surface area contributed by atoms with E-state index in [2.05, 4.69) is 55.5 Å². The molecule has 0 radical (unpaired) electrons. The van der Waals surface area contributed by atoms with Crippen molar-refractivity contribution >= 4 is 6.08 Å². The standard InChI is InChI=1S/C22H16N2/c1-15-5-9-18(10-6-15)22-20(13-19-3-2-4-21(19)24-22)17-11-7-16(14-23)8-12-17/h2,4-13H,3H2,1H3. The van der Waals surface area contributed by atoms with Crippen molar-refractivity contribution in [2.75, 3.05) is 0 Å². The molecule has 0 saturated carbocycles. The molecule has 0 fully saturated rings. The number of fused-ring (bicyclic) bond motifs is 1. The van der Waals surface area contributed by atoms with Crippen LogP contribution in [0, 0.1) is 18.3 Å². The van der Waals surface area contributed by atoms with Crippen molar-refractivity contribution in [3.8, 4) is 28.5 Å². The first-order valence-corrected chi connectivity index (χ1v) is 8.02. The molecule has 0 amide bonds. The number of hydrogen-bond donors (Lipinski definition) is 0.